The van der Waals surface area contributed by atoms with E-state index in [0.717, 1.165) is 12.3 Å². The highest BCUT2D eigenvalue weighted by atomic mass is 15.1. The average molecular weight is 279 g/mol. The van der Waals surface area contributed by atoms with Gasteiger partial charge in [-0.2, -0.15) is 5.26 Å². The largest absolute Gasteiger partial charge is 0.317 e. The predicted octanol–water partition coefficient (Wildman–Crippen LogP) is 3.42. The first kappa shape index (κ1) is 17.5. The summed E-state index contributed by atoms with van der Waals surface area (Å²) in [7, 11) is 0. The fraction of sp³-hybridized carbons (Fsp3) is 0.941. The van der Waals surface area contributed by atoms with Crippen LogP contribution in [-0.4, -0.2) is 37.6 Å². The van der Waals surface area contributed by atoms with E-state index >= 15 is 0 Å². The topological polar surface area (TPSA) is 39.1 Å². The first-order chi connectivity index (χ1) is 9.57. The lowest BCUT2D eigenvalue weighted by molar-refractivity contribution is 0.200. The summed E-state index contributed by atoms with van der Waals surface area (Å²) in [6.45, 7) is 12.5. The second-order valence-corrected chi connectivity index (χ2v) is 6.95. The fourth-order valence-corrected chi connectivity index (χ4v) is 3.00. The predicted molar refractivity (Wildman–Crippen MR) is 85.6 cm³/mol. The summed E-state index contributed by atoms with van der Waals surface area (Å²) in [5.74, 6) is 0.887. The summed E-state index contributed by atoms with van der Waals surface area (Å²) in [4.78, 5) is 2.65. The Morgan fingerprint density at radius 2 is 1.90 bits per heavy atom. The van der Waals surface area contributed by atoms with Crippen LogP contribution in [0.25, 0.3) is 0 Å². The molecule has 20 heavy (non-hydrogen) atoms. The van der Waals surface area contributed by atoms with Gasteiger partial charge in [-0.1, -0.05) is 13.3 Å². The van der Waals surface area contributed by atoms with E-state index in [9.17, 15) is 0 Å². The molecular weight excluding hydrogens is 246 g/mol. The van der Waals surface area contributed by atoms with Gasteiger partial charge in [-0.25, -0.2) is 0 Å². The molecule has 0 aromatic heterocycles. The van der Waals surface area contributed by atoms with Gasteiger partial charge >= 0.3 is 0 Å². The SMILES string of the molecule is CCCN(CCCCC(C)(C)C#N)CC1CCNCC1. The number of nitrogens with one attached hydrogen (secondary N) is 1. The van der Waals surface area contributed by atoms with Crippen LogP contribution in [0.1, 0.15) is 59.3 Å². The van der Waals surface area contributed by atoms with Crippen molar-refractivity contribution >= 4 is 0 Å². The van der Waals surface area contributed by atoms with Crippen molar-refractivity contribution in [2.75, 3.05) is 32.7 Å². The Kier molecular flexibility index (Phi) is 8.18. The fourth-order valence-electron chi connectivity index (χ4n) is 3.00. The zero-order valence-corrected chi connectivity index (χ0v) is 13.7. The monoisotopic (exact) mass is 279 g/mol. The Morgan fingerprint density at radius 1 is 1.20 bits per heavy atom. The second kappa shape index (κ2) is 9.37. The van der Waals surface area contributed by atoms with Crippen molar-refractivity contribution in [1.29, 1.82) is 5.26 Å². The highest BCUT2D eigenvalue weighted by molar-refractivity contribution is 4.91. The van der Waals surface area contributed by atoms with E-state index in [0.29, 0.717) is 0 Å². The van der Waals surface area contributed by atoms with Crippen molar-refractivity contribution in [3.05, 3.63) is 0 Å². The molecule has 1 aliphatic heterocycles. The van der Waals surface area contributed by atoms with Crippen LogP contribution in [0.3, 0.4) is 0 Å². The van der Waals surface area contributed by atoms with Crippen LogP contribution in [0, 0.1) is 22.7 Å². The third kappa shape index (κ3) is 7.26. The number of unbranched alkanes of at least 4 members (excludes halogenated alkanes) is 1. The summed E-state index contributed by atoms with van der Waals surface area (Å²) in [6, 6.07) is 2.40. The van der Waals surface area contributed by atoms with Crippen molar-refractivity contribution in [2.24, 2.45) is 11.3 Å². The van der Waals surface area contributed by atoms with Gasteiger partial charge in [-0.15, -0.1) is 0 Å². The molecule has 0 atom stereocenters. The maximum absolute atomic E-state index is 9.04. The minimum atomic E-state index is -0.148. The smallest absolute Gasteiger partial charge is 0.0683 e. The number of nitriles is 1. The molecule has 1 saturated heterocycles. The van der Waals surface area contributed by atoms with Gasteiger partial charge in [0.05, 0.1) is 11.5 Å². The van der Waals surface area contributed by atoms with E-state index < -0.39 is 0 Å². The molecule has 1 N–H and O–H groups in total. The van der Waals surface area contributed by atoms with E-state index in [2.05, 4.69) is 23.2 Å². The standard InChI is InChI=1S/C17H33N3/c1-4-12-20(14-16-7-10-19-11-8-16)13-6-5-9-17(2,3)15-18/h16,19H,4-14H2,1-3H3. The molecule has 0 amide bonds. The van der Waals surface area contributed by atoms with Crippen LogP contribution in [-0.2, 0) is 0 Å². The lowest BCUT2D eigenvalue weighted by Crippen LogP contribution is -2.37. The number of rotatable bonds is 9. The van der Waals surface area contributed by atoms with Crippen LogP contribution in [0.4, 0.5) is 0 Å². The van der Waals surface area contributed by atoms with E-state index in [1.54, 1.807) is 0 Å². The Morgan fingerprint density at radius 3 is 2.50 bits per heavy atom. The minimum Gasteiger partial charge on any atom is -0.317 e. The molecule has 1 heterocycles. The van der Waals surface area contributed by atoms with Crippen molar-refractivity contribution in [2.45, 2.75) is 59.3 Å². The molecule has 3 nitrogen and oxygen atoms in total. The van der Waals surface area contributed by atoms with Crippen LogP contribution in [0.5, 0.6) is 0 Å². The third-order valence-electron chi connectivity index (χ3n) is 4.34. The van der Waals surface area contributed by atoms with Gasteiger partial charge in [-0.05, 0) is 78.0 Å². The molecule has 0 spiro atoms. The van der Waals surface area contributed by atoms with E-state index in [-0.39, 0.29) is 5.41 Å². The molecule has 0 aromatic rings. The number of nitrogens with zero attached hydrogens (tertiary/aromatic N) is 2. The van der Waals surface area contributed by atoms with Gasteiger partial charge in [0.15, 0.2) is 0 Å². The van der Waals surface area contributed by atoms with Crippen molar-refractivity contribution < 1.29 is 0 Å². The molecule has 3 heteroatoms. The molecule has 0 aromatic carbocycles. The summed E-state index contributed by atoms with van der Waals surface area (Å²) >= 11 is 0. The third-order valence-corrected chi connectivity index (χ3v) is 4.34. The molecule has 1 rings (SSSR count). The first-order valence-corrected chi connectivity index (χ1v) is 8.41. The van der Waals surface area contributed by atoms with Gasteiger partial charge in [-0.3, -0.25) is 0 Å². The van der Waals surface area contributed by atoms with Gasteiger partial charge in [0.2, 0.25) is 0 Å². The quantitative estimate of drug-likeness (QED) is 0.657. The molecule has 0 unspecified atom stereocenters. The highest BCUT2D eigenvalue weighted by Crippen LogP contribution is 2.22. The van der Waals surface area contributed by atoms with Crippen LogP contribution in [0.15, 0.2) is 0 Å². The summed E-state index contributed by atoms with van der Waals surface area (Å²) < 4.78 is 0. The lowest BCUT2D eigenvalue weighted by Gasteiger charge is -2.30. The van der Waals surface area contributed by atoms with Gasteiger partial charge in [0.25, 0.3) is 0 Å². The summed E-state index contributed by atoms with van der Waals surface area (Å²) in [5, 5.41) is 12.5. The molecule has 116 valence electrons. The Bertz CT molecular complexity index is 287. The van der Waals surface area contributed by atoms with Crippen molar-refractivity contribution in [3.8, 4) is 6.07 Å². The molecule has 0 aliphatic carbocycles. The molecule has 1 fully saturated rings. The normalized spacial score (nSPS) is 17.4. The maximum atomic E-state index is 9.04. The lowest BCUT2D eigenvalue weighted by atomic mass is 9.89. The van der Waals surface area contributed by atoms with E-state index in [4.69, 9.17) is 5.26 Å². The first-order valence-electron chi connectivity index (χ1n) is 8.41. The van der Waals surface area contributed by atoms with Crippen molar-refractivity contribution in [1.82, 2.24) is 10.2 Å². The Hall–Kier alpha value is -0.590. The molecule has 0 bridgehead atoms. The Balaban J connectivity index is 2.23. The van der Waals surface area contributed by atoms with Crippen LogP contribution < -0.4 is 5.32 Å². The zero-order chi connectivity index (χ0) is 14.8. The van der Waals surface area contributed by atoms with Gasteiger partial charge in [0.1, 0.15) is 0 Å². The van der Waals surface area contributed by atoms with E-state index in [1.165, 1.54) is 64.8 Å². The maximum Gasteiger partial charge on any atom is 0.0683 e. The number of hydrogen-bond donors (Lipinski definition) is 1. The molecule has 0 saturated carbocycles. The van der Waals surface area contributed by atoms with Crippen LogP contribution >= 0.6 is 0 Å². The van der Waals surface area contributed by atoms with Gasteiger partial charge < -0.3 is 10.2 Å². The Labute approximate surface area is 125 Å². The molecule has 0 radical (unpaired) electrons. The number of piperidine rings is 1. The average Bonchev–Trinajstić information content (AvgIpc) is 2.45. The van der Waals surface area contributed by atoms with E-state index in [1.807, 2.05) is 13.8 Å². The molecule has 1 aliphatic rings. The zero-order valence-electron chi connectivity index (χ0n) is 13.7. The minimum absolute atomic E-state index is 0.148. The summed E-state index contributed by atoms with van der Waals surface area (Å²) in [5.41, 5.74) is -0.148. The van der Waals surface area contributed by atoms with Crippen LogP contribution in [0.2, 0.25) is 0 Å². The van der Waals surface area contributed by atoms with Crippen molar-refractivity contribution in [3.63, 3.8) is 0 Å². The summed E-state index contributed by atoms with van der Waals surface area (Å²) in [6.07, 6.45) is 7.35. The van der Waals surface area contributed by atoms with Gasteiger partial charge in [0, 0.05) is 6.54 Å². The number of hydrogen-bond acceptors (Lipinski definition) is 3. The molecular formula is C17H33N3. The second-order valence-electron chi connectivity index (χ2n) is 6.95. The highest BCUT2D eigenvalue weighted by Gasteiger charge is 2.18.